The molecule has 0 heterocycles. The minimum atomic E-state index is -1.28. The van der Waals surface area contributed by atoms with E-state index in [-0.39, 0.29) is 12.2 Å². The number of hydrogen-bond donors (Lipinski definition) is 1. The van der Waals surface area contributed by atoms with Crippen LogP contribution in [-0.2, 0) is 4.79 Å². The third-order valence-corrected chi connectivity index (χ3v) is 4.18. The average molecular weight is 389 g/mol. The molecule has 0 fully saturated rings. The van der Waals surface area contributed by atoms with Crippen LogP contribution >= 0.6 is 0 Å². The van der Waals surface area contributed by atoms with E-state index in [2.05, 4.69) is 0 Å². The van der Waals surface area contributed by atoms with Crippen LogP contribution in [0.3, 0.4) is 0 Å². The molecule has 0 radical (unpaired) electrons. The zero-order chi connectivity index (χ0) is 20.6. The van der Waals surface area contributed by atoms with Crippen molar-refractivity contribution in [2.45, 2.75) is 0 Å². The molecule has 0 aliphatic carbocycles. The second-order valence-electron chi connectivity index (χ2n) is 6.09. The van der Waals surface area contributed by atoms with Gasteiger partial charge in [0.2, 0.25) is 0 Å². The standard InChI is InChI=1S/C23H19NO5/c1-27-21-9-6-16(12-19(15-24)23(25)26)13-22(21)29-11-10-28-20-8-7-17-4-2-3-5-18(17)14-20/h2-9,12-14H,10-11H2,1H3,(H,25,26). The Kier molecular flexibility index (Phi) is 6.33. The van der Waals surface area contributed by atoms with Crippen molar-refractivity contribution >= 4 is 22.8 Å². The predicted octanol–water partition coefficient (Wildman–Crippen LogP) is 4.30. The fraction of sp³-hybridized carbons (Fsp3) is 0.130. The van der Waals surface area contributed by atoms with Crippen LogP contribution in [0, 0.1) is 11.3 Å². The van der Waals surface area contributed by atoms with Crippen LogP contribution in [0.4, 0.5) is 0 Å². The van der Waals surface area contributed by atoms with Gasteiger partial charge in [-0.25, -0.2) is 4.79 Å². The lowest BCUT2D eigenvalue weighted by Crippen LogP contribution is -2.09. The van der Waals surface area contributed by atoms with E-state index < -0.39 is 5.97 Å². The van der Waals surface area contributed by atoms with Gasteiger partial charge in [0, 0.05) is 0 Å². The molecule has 3 aromatic carbocycles. The van der Waals surface area contributed by atoms with Gasteiger partial charge in [0.25, 0.3) is 0 Å². The van der Waals surface area contributed by atoms with Crippen molar-refractivity contribution in [1.29, 1.82) is 5.26 Å². The van der Waals surface area contributed by atoms with E-state index in [9.17, 15) is 4.79 Å². The van der Waals surface area contributed by atoms with Gasteiger partial charge < -0.3 is 19.3 Å². The number of ether oxygens (including phenoxy) is 3. The molecule has 0 unspecified atom stereocenters. The van der Waals surface area contributed by atoms with Crippen LogP contribution in [0.5, 0.6) is 17.2 Å². The summed E-state index contributed by atoms with van der Waals surface area (Å²) in [5.41, 5.74) is 0.163. The number of carbonyl (C=O) groups is 1. The Hall–Kier alpha value is -3.98. The number of carboxylic acid groups (broad SMARTS) is 1. The molecule has 146 valence electrons. The summed E-state index contributed by atoms with van der Waals surface area (Å²) in [5.74, 6) is 0.401. The number of nitrogens with zero attached hydrogens (tertiary/aromatic N) is 1. The maximum atomic E-state index is 11.0. The smallest absolute Gasteiger partial charge is 0.346 e. The summed E-state index contributed by atoms with van der Waals surface area (Å²) in [7, 11) is 1.52. The highest BCUT2D eigenvalue weighted by molar-refractivity contribution is 5.96. The summed E-state index contributed by atoms with van der Waals surface area (Å²) >= 11 is 0. The lowest BCUT2D eigenvalue weighted by molar-refractivity contribution is -0.132. The zero-order valence-electron chi connectivity index (χ0n) is 15.8. The summed E-state index contributed by atoms with van der Waals surface area (Å²) in [6.07, 6.45) is 1.28. The maximum absolute atomic E-state index is 11.0. The molecule has 29 heavy (non-hydrogen) atoms. The van der Waals surface area contributed by atoms with Gasteiger partial charge in [-0.3, -0.25) is 0 Å². The summed E-state index contributed by atoms with van der Waals surface area (Å²) in [6, 6.07) is 20.5. The van der Waals surface area contributed by atoms with Gasteiger partial charge in [-0.15, -0.1) is 0 Å². The molecule has 0 aromatic heterocycles. The first kappa shape index (κ1) is 19.8. The van der Waals surface area contributed by atoms with Crippen LogP contribution < -0.4 is 14.2 Å². The topological polar surface area (TPSA) is 88.8 Å². The maximum Gasteiger partial charge on any atom is 0.346 e. The van der Waals surface area contributed by atoms with Crippen LogP contribution in [-0.4, -0.2) is 31.4 Å². The SMILES string of the molecule is COc1ccc(C=C(C#N)C(=O)O)cc1OCCOc1ccc2ccccc2c1. The Balaban J connectivity index is 1.65. The van der Waals surface area contributed by atoms with Gasteiger partial charge in [-0.1, -0.05) is 36.4 Å². The van der Waals surface area contributed by atoms with E-state index in [4.69, 9.17) is 24.6 Å². The molecule has 0 spiro atoms. The normalized spacial score (nSPS) is 11.0. The predicted molar refractivity (Wildman–Crippen MR) is 109 cm³/mol. The molecule has 0 saturated heterocycles. The fourth-order valence-corrected chi connectivity index (χ4v) is 2.77. The van der Waals surface area contributed by atoms with E-state index in [0.29, 0.717) is 23.7 Å². The summed E-state index contributed by atoms with van der Waals surface area (Å²) in [5, 5.41) is 20.1. The van der Waals surface area contributed by atoms with E-state index >= 15 is 0 Å². The van der Waals surface area contributed by atoms with Crippen molar-refractivity contribution in [3.63, 3.8) is 0 Å². The minimum absolute atomic E-state index is 0.264. The Morgan fingerprint density at radius 2 is 1.76 bits per heavy atom. The van der Waals surface area contributed by atoms with Crippen molar-refractivity contribution in [1.82, 2.24) is 0 Å². The lowest BCUT2D eigenvalue weighted by Gasteiger charge is -2.12. The van der Waals surface area contributed by atoms with Crippen LogP contribution in [0.25, 0.3) is 16.8 Å². The van der Waals surface area contributed by atoms with Gasteiger partial charge >= 0.3 is 5.97 Å². The number of aliphatic carboxylic acids is 1. The van der Waals surface area contributed by atoms with Crippen molar-refractivity contribution in [3.05, 3.63) is 71.8 Å². The molecule has 3 aromatic rings. The van der Waals surface area contributed by atoms with Gasteiger partial charge in [-0.05, 0) is 46.7 Å². The van der Waals surface area contributed by atoms with Gasteiger partial charge in [0.15, 0.2) is 11.5 Å². The number of methoxy groups -OCH3 is 1. The van der Waals surface area contributed by atoms with E-state index in [0.717, 1.165) is 16.5 Å². The van der Waals surface area contributed by atoms with Crippen molar-refractivity contribution in [2.24, 2.45) is 0 Å². The quantitative estimate of drug-likeness (QED) is 0.351. The Bertz CT molecular complexity index is 1100. The minimum Gasteiger partial charge on any atom is -0.493 e. The second-order valence-corrected chi connectivity index (χ2v) is 6.09. The summed E-state index contributed by atoms with van der Waals surface area (Å²) in [6.45, 7) is 0.584. The second kappa shape index (κ2) is 9.29. The molecule has 1 N–H and O–H groups in total. The monoisotopic (exact) mass is 389 g/mol. The molecule has 6 heteroatoms. The molecule has 0 aliphatic rings. The van der Waals surface area contributed by atoms with Crippen molar-refractivity contribution in [3.8, 4) is 23.3 Å². The molecule has 6 nitrogen and oxygen atoms in total. The zero-order valence-corrected chi connectivity index (χ0v) is 15.8. The molecule has 0 bridgehead atoms. The van der Waals surface area contributed by atoms with Crippen LogP contribution in [0.15, 0.2) is 66.2 Å². The Morgan fingerprint density at radius 3 is 2.48 bits per heavy atom. The van der Waals surface area contributed by atoms with E-state index in [1.54, 1.807) is 24.3 Å². The van der Waals surface area contributed by atoms with Crippen molar-refractivity contribution in [2.75, 3.05) is 20.3 Å². The van der Waals surface area contributed by atoms with Crippen LogP contribution in [0.1, 0.15) is 5.56 Å². The first-order valence-corrected chi connectivity index (χ1v) is 8.88. The Morgan fingerprint density at radius 1 is 1.00 bits per heavy atom. The molecule has 3 rings (SSSR count). The molecule has 0 aliphatic heterocycles. The highest BCUT2D eigenvalue weighted by atomic mass is 16.5. The van der Waals surface area contributed by atoms with Gasteiger partial charge in [-0.2, -0.15) is 5.26 Å². The van der Waals surface area contributed by atoms with Crippen molar-refractivity contribution < 1.29 is 24.1 Å². The number of carboxylic acids is 1. The molecular formula is C23H19NO5. The molecular weight excluding hydrogens is 370 g/mol. The van der Waals surface area contributed by atoms with E-state index in [1.807, 2.05) is 42.5 Å². The van der Waals surface area contributed by atoms with Crippen LogP contribution in [0.2, 0.25) is 0 Å². The Labute approximate surface area is 168 Å². The van der Waals surface area contributed by atoms with Gasteiger partial charge in [0.05, 0.1) is 7.11 Å². The molecule has 0 atom stereocenters. The number of rotatable bonds is 8. The molecule has 0 saturated carbocycles. The first-order valence-electron chi connectivity index (χ1n) is 8.88. The van der Waals surface area contributed by atoms with Gasteiger partial charge in [0.1, 0.15) is 30.6 Å². The number of benzene rings is 3. The highest BCUT2D eigenvalue weighted by Crippen LogP contribution is 2.29. The number of hydrogen-bond acceptors (Lipinski definition) is 5. The lowest BCUT2D eigenvalue weighted by atomic mass is 10.1. The largest absolute Gasteiger partial charge is 0.493 e. The third kappa shape index (κ3) is 5.05. The summed E-state index contributed by atoms with van der Waals surface area (Å²) in [4.78, 5) is 11.0. The average Bonchev–Trinajstić information content (AvgIpc) is 2.74. The number of fused-ring (bicyclic) bond motifs is 1. The fourth-order valence-electron chi connectivity index (χ4n) is 2.77. The third-order valence-electron chi connectivity index (χ3n) is 4.18. The molecule has 0 amide bonds. The highest BCUT2D eigenvalue weighted by Gasteiger charge is 2.09. The van der Waals surface area contributed by atoms with E-state index in [1.165, 1.54) is 13.2 Å². The first-order chi connectivity index (χ1) is 14.1. The number of nitriles is 1. The summed E-state index contributed by atoms with van der Waals surface area (Å²) < 4.78 is 16.8.